The summed E-state index contributed by atoms with van der Waals surface area (Å²) in [6, 6.07) is 0. The number of halogens is 3. The predicted octanol–water partition coefficient (Wildman–Crippen LogP) is -0.373. The predicted molar refractivity (Wildman–Crippen MR) is 68.0 cm³/mol. The molecule has 0 saturated carbocycles. The Hall–Kier alpha value is 0.670. The van der Waals surface area contributed by atoms with Gasteiger partial charge in [-0.1, -0.05) is 0 Å². The second-order valence-corrected chi connectivity index (χ2v) is 4.48. The van der Waals surface area contributed by atoms with E-state index < -0.39 is 24.6 Å². The van der Waals surface area contributed by atoms with E-state index in [2.05, 4.69) is 0 Å². The van der Waals surface area contributed by atoms with E-state index in [4.69, 9.17) is 27.9 Å². The van der Waals surface area contributed by atoms with Gasteiger partial charge in [-0.15, -0.1) is 35.6 Å². The molecule has 0 aromatic rings. The molecule has 0 spiro atoms. The third kappa shape index (κ3) is 5.04. The molecule has 0 radical (unpaired) electrons. The molecular weight excluding hydrogens is 292 g/mol. The second-order valence-electron chi connectivity index (χ2n) is 3.72. The average molecular weight is 311 g/mol. The van der Waals surface area contributed by atoms with Gasteiger partial charge in [0, 0.05) is 31.4 Å². The summed E-state index contributed by atoms with van der Waals surface area (Å²) >= 11 is 11.2. The van der Waals surface area contributed by atoms with Crippen LogP contribution in [0.3, 0.4) is 0 Å². The Balaban J connectivity index is 0.00000256. The standard InChI is InChI=1S/C9H17Cl2NO4.ClH/c10-1-3-12(4-2-11)5-6-7(13)8(14)9(15)16-6;/h6-9,13-15H,1-5H2;1H. The molecule has 4 unspecified atom stereocenters. The number of alkyl halides is 2. The van der Waals surface area contributed by atoms with Crippen LogP contribution in [0.5, 0.6) is 0 Å². The van der Waals surface area contributed by atoms with Gasteiger partial charge in [-0.05, 0) is 0 Å². The molecule has 3 N–H and O–H groups in total. The van der Waals surface area contributed by atoms with Crippen LogP contribution in [-0.2, 0) is 4.74 Å². The van der Waals surface area contributed by atoms with Crippen molar-refractivity contribution in [1.29, 1.82) is 0 Å². The fourth-order valence-electron chi connectivity index (χ4n) is 1.67. The molecule has 4 atom stereocenters. The van der Waals surface area contributed by atoms with Gasteiger partial charge in [0.25, 0.3) is 0 Å². The van der Waals surface area contributed by atoms with Crippen molar-refractivity contribution >= 4 is 35.6 Å². The highest BCUT2D eigenvalue weighted by molar-refractivity contribution is 6.18. The Bertz CT molecular complexity index is 207. The van der Waals surface area contributed by atoms with E-state index in [0.717, 1.165) is 0 Å². The van der Waals surface area contributed by atoms with Gasteiger partial charge in [0.15, 0.2) is 6.29 Å². The minimum Gasteiger partial charge on any atom is -0.387 e. The molecule has 1 heterocycles. The fraction of sp³-hybridized carbons (Fsp3) is 1.00. The molecule has 1 aliphatic rings. The van der Waals surface area contributed by atoms with Crippen LogP contribution in [0, 0.1) is 0 Å². The summed E-state index contributed by atoms with van der Waals surface area (Å²) in [5.41, 5.74) is 0. The van der Waals surface area contributed by atoms with E-state index >= 15 is 0 Å². The van der Waals surface area contributed by atoms with Gasteiger partial charge in [-0.2, -0.15) is 0 Å². The highest BCUT2D eigenvalue weighted by Crippen LogP contribution is 2.20. The Morgan fingerprint density at radius 3 is 1.88 bits per heavy atom. The molecule has 1 fully saturated rings. The highest BCUT2D eigenvalue weighted by atomic mass is 35.5. The molecular formula is C9H18Cl3NO4. The number of aliphatic hydroxyl groups excluding tert-OH is 3. The summed E-state index contributed by atoms with van der Waals surface area (Å²) in [6.07, 6.45) is -4.27. The van der Waals surface area contributed by atoms with Gasteiger partial charge in [0.05, 0.1) is 0 Å². The van der Waals surface area contributed by atoms with Crippen LogP contribution in [0.15, 0.2) is 0 Å². The number of hydrogen-bond donors (Lipinski definition) is 3. The molecule has 104 valence electrons. The van der Waals surface area contributed by atoms with E-state index in [9.17, 15) is 15.3 Å². The number of rotatable bonds is 6. The first-order valence-electron chi connectivity index (χ1n) is 5.14. The smallest absolute Gasteiger partial charge is 0.184 e. The minimum absolute atomic E-state index is 0. The van der Waals surface area contributed by atoms with Crippen LogP contribution < -0.4 is 0 Å². The molecule has 5 nitrogen and oxygen atoms in total. The zero-order valence-corrected chi connectivity index (χ0v) is 11.5. The molecule has 8 heteroatoms. The topological polar surface area (TPSA) is 73.2 Å². The van der Waals surface area contributed by atoms with Crippen LogP contribution in [0.2, 0.25) is 0 Å². The number of hydrogen-bond acceptors (Lipinski definition) is 5. The lowest BCUT2D eigenvalue weighted by atomic mass is 10.1. The largest absolute Gasteiger partial charge is 0.387 e. The first kappa shape index (κ1) is 17.7. The maximum atomic E-state index is 9.59. The summed E-state index contributed by atoms with van der Waals surface area (Å²) in [5.74, 6) is 0.898. The van der Waals surface area contributed by atoms with Crippen molar-refractivity contribution in [2.45, 2.75) is 24.6 Å². The van der Waals surface area contributed by atoms with E-state index in [1.54, 1.807) is 0 Å². The van der Waals surface area contributed by atoms with Crippen molar-refractivity contribution in [1.82, 2.24) is 4.90 Å². The van der Waals surface area contributed by atoms with Crippen LogP contribution in [0.4, 0.5) is 0 Å². The zero-order chi connectivity index (χ0) is 12.1. The molecule has 0 aliphatic carbocycles. The van der Waals surface area contributed by atoms with Gasteiger partial charge in [0.2, 0.25) is 0 Å². The maximum absolute atomic E-state index is 9.59. The molecule has 0 aromatic heterocycles. The van der Waals surface area contributed by atoms with Crippen LogP contribution in [-0.4, -0.2) is 76.2 Å². The third-order valence-corrected chi connectivity index (χ3v) is 2.91. The van der Waals surface area contributed by atoms with Crippen molar-refractivity contribution in [2.24, 2.45) is 0 Å². The number of aliphatic hydroxyl groups is 3. The number of nitrogens with zero attached hydrogens (tertiary/aromatic N) is 1. The van der Waals surface area contributed by atoms with Crippen molar-refractivity contribution in [2.75, 3.05) is 31.4 Å². The summed E-state index contributed by atoms with van der Waals surface area (Å²) in [7, 11) is 0. The van der Waals surface area contributed by atoms with Gasteiger partial charge < -0.3 is 20.1 Å². The first-order chi connectivity index (χ1) is 7.60. The maximum Gasteiger partial charge on any atom is 0.184 e. The van der Waals surface area contributed by atoms with Gasteiger partial charge >= 0.3 is 0 Å². The lowest BCUT2D eigenvalue weighted by molar-refractivity contribution is -0.129. The summed E-state index contributed by atoms with van der Waals surface area (Å²) in [5, 5.41) is 28.1. The van der Waals surface area contributed by atoms with Gasteiger partial charge in [-0.25, -0.2) is 0 Å². The zero-order valence-electron chi connectivity index (χ0n) is 9.21. The molecule has 0 bridgehead atoms. The van der Waals surface area contributed by atoms with Crippen molar-refractivity contribution in [3.63, 3.8) is 0 Å². The SMILES string of the molecule is Cl.OC1OC(CN(CCCl)CCCl)C(O)C1O. The molecule has 1 aliphatic heterocycles. The first-order valence-corrected chi connectivity index (χ1v) is 6.21. The van der Waals surface area contributed by atoms with Gasteiger partial charge in [0.1, 0.15) is 18.3 Å². The second kappa shape index (κ2) is 8.72. The third-order valence-electron chi connectivity index (χ3n) is 2.58. The minimum atomic E-state index is -1.33. The normalized spacial score (nSPS) is 32.8. The number of ether oxygens (including phenoxy) is 1. The molecule has 1 saturated heterocycles. The Morgan fingerprint density at radius 1 is 1.00 bits per heavy atom. The quantitative estimate of drug-likeness (QED) is 0.584. The molecule has 17 heavy (non-hydrogen) atoms. The molecule has 0 aromatic carbocycles. The van der Waals surface area contributed by atoms with E-state index in [-0.39, 0.29) is 12.4 Å². The van der Waals surface area contributed by atoms with E-state index in [1.165, 1.54) is 0 Å². The van der Waals surface area contributed by atoms with Crippen LogP contribution in [0.25, 0.3) is 0 Å². The van der Waals surface area contributed by atoms with Crippen molar-refractivity contribution in [3.05, 3.63) is 0 Å². The molecule has 0 amide bonds. The summed E-state index contributed by atoms with van der Waals surface area (Å²) in [4.78, 5) is 1.92. The van der Waals surface area contributed by atoms with Crippen molar-refractivity contribution in [3.8, 4) is 0 Å². The van der Waals surface area contributed by atoms with Gasteiger partial charge in [-0.3, -0.25) is 4.90 Å². The fourth-order valence-corrected chi connectivity index (χ4v) is 2.15. The lowest BCUT2D eigenvalue weighted by Gasteiger charge is -2.24. The summed E-state index contributed by atoms with van der Waals surface area (Å²) < 4.78 is 5.04. The van der Waals surface area contributed by atoms with Crippen LogP contribution >= 0.6 is 35.6 Å². The monoisotopic (exact) mass is 309 g/mol. The van der Waals surface area contributed by atoms with E-state index in [0.29, 0.717) is 31.4 Å². The Morgan fingerprint density at radius 2 is 1.53 bits per heavy atom. The van der Waals surface area contributed by atoms with Crippen LogP contribution in [0.1, 0.15) is 0 Å². The summed E-state index contributed by atoms with van der Waals surface area (Å²) in [6.45, 7) is 1.62. The highest BCUT2D eigenvalue weighted by Gasteiger charge is 2.42. The molecule has 1 rings (SSSR count). The Labute approximate surface area is 117 Å². The Kier molecular flexibility index (Phi) is 9.06. The average Bonchev–Trinajstić information content (AvgIpc) is 2.47. The van der Waals surface area contributed by atoms with Crippen molar-refractivity contribution < 1.29 is 20.1 Å². The lowest BCUT2D eigenvalue weighted by Crippen LogP contribution is -2.41. The van der Waals surface area contributed by atoms with E-state index in [1.807, 2.05) is 4.90 Å².